The van der Waals surface area contributed by atoms with Crippen molar-refractivity contribution in [1.29, 1.82) is 0 Å². The van der Waals surface area contributed by atoms with Crippen LogP contribution in [0.2, 0.25) is 0 Å². The van der Waals surface area contributed by atoms with E-state index in [0.29, 0.717) is 33.6 Å². The van der Waals surface area contributed by atoms with Crippen LogP contribution in [0.25, 0.3) is 0 Å². The highest BCUT2D eigenvalue weighted by atomic mass is 16.5. The largest absolute Gasteiger partial charge is 0.478 e. The SMILES string of the molecule is CCOCC.Cc1c(C(O)c2ccc(N(C)C)c(C(=O)O)c2C)ccc(N(C)C)c1C(=O)O. The fourth-order valence-electron chi connectivity index (χ4n) is 3.68. The Bertz CT molecular complexity index is 908. The highest BCUT2D eigenvalue weighted by molar-refractivity contribution is 5.97. The smallest absolute Gasteiger partial charge is 0.338 e. The van der Waals surface area contributed by atoms with Gasteiger partial charge in [0.2, 0.25) is 0 Å². The predicted octanol–water partition coefficient (Wildman–Crippen LogP) is 3.96. The molecule has 33 heavy (non-hydrogen) atoms. The number of aliphatic hydroxyl groups excluding tert-OH is 1. The molecule has 0 heterocycles. The van der Waals surface area contributed by atoms with Gasteiger partial charge in [0.1, 0.15) is 6.10 Å². The second-order valence-corrected chi connectivity index (χ2v) is 7.93. The fraction of sp³-hybridized carbons (Fsp3) is 0.440. The van der Waals surface area contributed by atoms with Gasteiger partial charge >= 0.3 is 11.9 Å². The Balaban J connectivity index is 0.000000981. The molecule has 0 fully saturated rings. The zero-order valence-electron chi connectivity index (χ0n) is 20.8. The fourth-order valence-corrected chi connectivity index (χ4v) is 3.68. The molecular formula is C25H36N2O6. The van der Waals surface area contributed by atoms with Crippen LogP contribution in [0, 0.1) is 13.8 Å². The minimum absolute atomic E-state index is 0.113. The van der Waals surface area contributed by atoms with Crippen LogP contribution in [-0.4, -0.2) is 68.7 Å². The van der Waals surface area contributed by atoms with E-state index in [-0.39, 0.29) is 11.1 Å². The average Bonchev–Trinajstić information content (AvgIpc) is 2.72. The third kappa shape index (κ3) is 6.46. The minimum atomic E-state index is -1.15. The Hall–Kier alpha value is -3.10. The number of nitrogens with zero attached hydrogens (tertiary/aromatic N) is 2. The number of carboxylic acids is 2. The lowest BCUT2D eigenvalue weighted by Gasteiger charge is -2.24. The van der Waals surface area contributed by atoms with E-state index >= 15 is 0 Å². The molecule has 0 aliphatic heterocycles. The van der Waals surface area contributed by atoms with Crippen LogP contribution in [-0.2, 0) is 4.74 Å². The van der Waals surface area contributed by atoms with Gasteiger partial charge in [-0.1, -0.05) is 12.1 Å². The van der Waals surface area contributed by atoms with E-state index < -0.39 is 18.0 Å². The van der Waals surface area contributed by atoms with Crippen molar-refractivity contribution in [2.45, 2.75) is 33.8 Å². The number of aliphatic hydroxyl groups is 1. The Kier molecular flexibility index (Phi) is 10.3. The van der Waals surface area contributed by atoms with Gasteiger partial charge in [-0.05, 0) is 62.1 Å². The maximum Gasteiger partial charge on any atom is 0.338 e. The van der Waals surface area contributed by atoms with Crippen molar-refractivity contribution >= 4 is 23.3 Å². The molecule has 0 saturated heterocycles. The number of benzene rings is 2. The van der Waals surface area contributed by atoms with E-state index in [0.717, 1.165) is 13.2 Å². The van der Waals surface area contributed by atoms with Gasteiger partial charge in [0, 0.05) is 41.4 Å². The third-order valence-electron chi connectivity index (χ3n) is 5.36. The lowest BCUT2D eigenvalue weighted by Crippen LogP contribution is -2.18. The molecule has 0 radical (unpaired) electrons. The molecule has 2 rings (SSSR count). The highest BCUT2D eigenvalue weighted by Gasteiger charge is 2.25. The Morgan fingerprint density at radius 1 is 0.788 bits per heavy atom. The van der Waals surface area contributed by atoms with Gasteiger partial charge in [0.25, 0.3) is 0 Å². The lowest BCUT2D eigenvalue weighted by molar-refractivity contribution is 0.0686. The number of hydrogen-bond acceptors (Lipinski definition) is 6. The molecule has 2 aromatic rings. The van der Waals surface area contributed by atoms with Crippen LogP contribution in [0.3, 0.4) is 0 Å². The van der Waals surface area contributed by atoms with Crippen LogP contribution < -0.4 is 9.80 Å². The van der Waals surface area contributed by atoms with Gasteiger partial charge in [-0.2, -0.15) is 0 Å². The summed E-state index contributed by atoms with van der Waals surface area (Å²) in [7, 11) is 7.00. The molecule has 0 unspecified atom stereocenters. The van der Waals surface area contributed by atoms with E-state index in [1.54, 1.807) is 76.1 Å². The standard InChI is InChI=1S/C21H26N2O5.C4H10O/c1-11-13(7-9-15(22(3)4)17(11)20(25)26)19(24)14-8-10-16(23(5)6)18(12(14)2)21(27)28;1-3-5-4-2/h7-10,19,24H,1-6H3,(H,25,26)(H,27,28);3-4H2,1-2H3. The number of carboxylic acid groups (broad SMARTS) is 2. The maximum absolute atomic E-state index is 11.8. The van der Waals surface area contributed by atoms with Crippen LogP contribution in [0.4, 0.5) is 11.4 Å². The van der Waals surface area contributed by atoms with Crippen molar-refractivity contribution in [3.8, 4) is 0 Å². The first-order valence-corrected chi connectivity index (χ1v) is 10.7. The van der Waals surface area contributed by atoms with Gasteiger partial charge in [0.05, 0.1) is 22.5 Å². The number of hydrogen-bond donors (Lipinski definition) is 3. The normalized spacial score (nSPS) is 10.5. The molecule has 182 valence electrons. The average molecular weight is 461 g/mol. The van der Waals surface area contributed by atoms with Crippen molar-refractivity contribution in [2.75, 3.05) is 51.2 Å². The summed E-state index contributed by atoms with van der Waals surface area (Å²) in [4.78, 5) is 27.0. The van der Waals surface area contributed by atoms with Crippen LogP contribution in [0.1, 0.15) is 62.9 Å². The van der Waals surface area contributed by atoms with E-state index in [1.807, 2.05) is 13.8 Å². The van der Waals surface area contributed by atoms with E-state index in [4.69, 9.17) is 4.74 Å². The van der Waals surface area contributed by atoms with Gasteiger partial charge < -0.3 is 29.9 Å². The van der Waals surface area contributed by atoms with Crippen molar-refractivity contribution < 1.29 is 29.6 Å². The number of carbonyl (C=O) groups is 2. The summed E-state index contributed by atoms with van der Waals surface area (Å²) in [6.07, 6.45) is -1.15. The summed E-state index contributed by atoms with van der Waals surface area (Å²) in [5.41, 5.74) is 3.04. The molecular weight excluding hydrogens is 424 g/mol. The van der Waals surface area contributed by atoms with E-state index in [9.17, 15) is 24.9 Å². The zero-order chi connectivity index (χ0) is 25.5. The zero-order valence-corrected chi connectivity index (χ0v) is 20.8. The first kappa shape index (κ1) is 27.9. The number of anilines is 2. The molecule has 0 aromatic heterocycles. The first-order chi connectivity index (χ1) is 15.4. The van der Waals surface area contributed by atoms with Gasteiger partial charge in [-0.25, -0.2) is 9.59 Å². The highest BCUT2D eigenvalue weighted by Crippen LogP contribution is 2.35. The molecule has 3 N–H and O–H groups in total. The third-order valence-corrected chi connectivity index (χ3v) is 5.36. The Morgan fingerprint density at radius 3 is 1.33 bits per heavy atom. The summed E-state index contributed by atoms with van der Waals surface area (Å²) >= 11 is 0. The quantitative estimate of drug-likeness (QED) is 0.543. The summed E-state index contributed by atoms with van der Waals surface area (Å²) < 4.78 is 4.83. The van der Waals surface area contributed by atoms with E-state index in [2.05, 4.69) is 0 Å². The molecule has 0 aliphatic carbocycles. The van der Waals surface area contributed by atoms with Gasteiger partial charge in [-0.3, -0.25) is 0 Å². The maximum atomic E-state index is 11.8. The van der Waals surface area contributed by atoms with Gasteiger partial charge in [-0.15, -0.1) is 0 Å². The number of ether oxygens (including phenoxy) is 1. The summed E-state index contributed by atoms with van der Waals surface area (Å²) in [5.74, 6) is -2.16. The van der Waals surface area contributed by atoms with Crippen molar-refractivity contribution in [3.05, 3.63) is 57.6 Å². The molecule has 0 saturated carbocycles. The summed E-state index contributed by atoms with van der Waals surface area (Å²) in [5, 5.41) is 30.3. The number of rotatable bonds is 8. The van der Waals surface area contributed by atoms with Crippen molar-refractivity contribution in [3.63, 3.8) is 0 Å². The van der Waals surface area contributed by atoms with Crippen molar-refractivity contribution in [1.82, 2.24) is 0 Å². The summed E-state index contributed by atoms with van der Waals surface area (Å²) in [6.45, 7) is 8.97. The molecule has 0 bridgehead atoms. The molecule has 2 aromatic carbocycles. The summed E-state index contributed by atoms with van der Waals surface area (Å²) in [6, 6.07) is 6.66. The topological polar surface area (TPSA) is 111 Å². The number of aromatic carboxylic acids is 2. The Labute approximate surface area is 196 Å². The monoisotopic (exact) mass is 460 g/mol. The molecule has 8 heteroatoms. The molecule has 0 atom stereocenters. The minimum Gasteiger partial charge on any atom is -0.478 e. The van der Waals surface area contributed by atoms with Crippen molar-refractivity contribution in [2.24, 2.45) is 0 Å². The molecule has 0 spiro atoms. The van der Waals surface area contributed by atoms with Crippen LogP contribution >= 0.6 is 0 Å². The second kappa shape index (κ2) is 12.2. The molecule has 0 amide bonds. The van der Waals surface area contributed by atoms with Crippen LogP contribution in [0.15, 0.2) is 24.3 Å². The molecule has 8 nitrogen and oxygen atoms in total. The second-order valence-electron chi connectivity index (χ2n) is 7.93. The molecule has 0 aliphatic rings. The lowest BCUT2D eigenvalue weighted by atomic mass is 9.89. The first-order valence-electron chi connectivity index (χ1n) is 10.7. The van der Waals surface area contributed by atoms with E-state index in [1.165, 1.54) is 0 Å². The van der Waals surface area contributed by atoms with Crippen LogP contribution in [0.5, 0.6) is 0 Å². The Morgan fingerprint density at radius 2 is 1.12 bits per heavy atom. The van der Waals surface area contributed by atoms with Gasteiger partial charge in [0.15, 0.2) is 0 Å². The predicted molar refractivity (Wildman–Crippen MR) is 131 cm³/mol.